The molecule has 0 saturated carbocycles. The lowest BCUT2D eigenvalue weighted by Crippen LogP contribution is -2.03. The first kappa shape index (κ1) is 9.69. The lowest BCUT2D eigenvalue weighted by atomic mass is 10.3. The number of nitrogens with zero attached hydrogens (tertiary/aromatic N) is 1. The molecule has 0 amide bonds. The maximum absolute atomic E-state index is 10.4. The summed E-state index contributed by atoms with van der Waals surface area (Å²) in [5.74, 6) is -1.42. The molecule has 13 heavy (non-hydrogen) atoms. The van der Waals surface area contributed by atoms with E-state index in [9.17, 15) is 4.79 Å². The van der Waals surface area contributed by atoms with Gasteiger partial charge >= 0.3 is 5.97 Å². The summed E-state index contributed by atoms with van der Waals surface area (Å²) in [5, 5.41) is 12.0. The van der Waals surface area contributed by atoms with Crippen LogP contribution in [-0.4, -0.2) is 30.5 Å². The summed E-state index contributed by atoms with van der Waals surface area (Å²) in [5.41, 5.74) is 0.294. The zero-order chi connectivity index (χ0) is 9.84. The molecule has 0 saturated heterocycles. The molecule has 1 heterocycles. The molecule has 0 aliphatic heterocycles. The van der Waals surface area contributed by atoms with E-state index in [0.717, 1.165) is 0 Å². The second kappa shape index (κ2) is 4.01. The van der Waals surface area contributed by atoms with Crippen LogP contribution in [0.2, 0.25) is 0 Å². The van der Waals surface area contributed by atoms with Gasteiger partial charge in [0.15, 0.2) is 0 Å². The van der Waals surface area contributed by atoms with Gasteiger partial charge in [-0.25, -0.2) is 4.79 Å². The van der Waals surface area contributed by atoms with Gasteiger partial charge in [-0.15, -0.1) is 0 Å². The zero-order valence-corrected chi connectivity index (χ0v) is 7.18. The van der Waals surface area contributed by atoms with Gasteiger partial charge in [-0.05, 0) is 0 Å². The Bertz CT molecular complexity index is 291. The van der Waals surface area contributed by atoms with Crippen LogP contribution in [0.1, 0.15) is 22.5 Å². The first-order valence-corrected chi connectivity index (χ1v) is 3.44. The van der Waals surface area contributed by atoms with Crippen LogP contribution >= 0.6 is 0 Å². The molecule has 0 spiro atoms. The largest absolute Gasteiger partial charge is 0.475 e. The highest BCUT2D eigenvalue weighted by Gasteiger charge is 2.17. The fraction of sp³-hybridized carbons (Fsp3) is 0.429. The van der Waals surface area contributed by atoms with Gasteiger partial charge in [-0.1, -0.05) is 5.16 Å². The van der Waals surface area contributed by atoms with Gasteiger partial charge in [0.1, 0.15) is 5.69 Å². The van der Waals surface area contributed by atoms with E-state index >= 15 is 0 Å². The molecule has 0 fully saturated rings. The fourth-order valence-electron chi connectivity index (χ4n) is 0.838. The number of hydrogen-bond donors (Lipinski definition) is 1. The molecule has 0 atom stereocenters. The van der Waals surface area contributed by atoms with Crippen LogP contribution in [0.15, 0.2) is 10.6 Å². The Morgan fingerprint density at radius 3 is 2.62 bits per heavy atom. The predicted molar refractivity (Wildman–Crippen MR) is 40.2 cm³/mol. The van der Waals surface area contributed by atoms with E-state index in [0.29, 0.717) is 5.69 Å². The second-order valence-corrected chi connectivity index (χ2v) is 2.22. The number of methoxy groups -OCH3 is 2. The number of rotatable bonds is 4. The number of hydrogen-bond acceptors (Lipinski definition) is 5. The van der Waals surface area contributed by atoms with E-state index < -0.39 is 12.3 Å². The highest BCUT2D eigenvalue weighted by molar-refractivity contribution is 5.84. The Labute approximate surface area is 74.0 Å². The van der Waals surface area contributed by atoms with Crippen LogP contribution in [0.25, 0.3) is 0 Å². The molecule has 0 aromatic carbocycles. The minimum atomic E-state index is -1.18. The van der Waals surface area contributed by atoms with Crippen LogP contribution in [0, 0.1) is 0 Å². The second-order valence-electron chi connectivity index (χ2n) is 2.22. The summed E-state index contributed by atoms with van der Waals surface area (Å²) in [6, 6.07) is 1.25. The summed E-state index contributed by atoms with van der Waals surface area (Å²) >= 11 is 0. The molecule has 1 aromatic rings. The lowest BCUT2D eigenvalue weighted by molar-refractivity contribution is -0.109. The van der Waals surface area contributed by atoms with Crippen molar-refractivity contribution in [2.45, 2.75) is 6.29 Å². The van der Waals surface area contributed by atoms with Gasteiger partial charge in [0.2, 0.25) is 12.1 Å². The normalized spacial score (nSPS) is 10.7. The lowest BCUT2D eigenvalue weighted by Gasteiger charge is -2.07. The summed E-state index contributed by atoms with van der Waals surface area (Å²) in [7, 11) is 2.84. The first-order valence-electron chi connectivity index (χ1n) is 3.44. The molecular formula is C7H9NO5. The molecule has 0 unspecified atom stereocenters. The number of carboxylic acid groups (broad SMARTS) is 1. The molecule has 1 aromatic heterocycles. The van der Waals surface area contributed by atoms with E-state index in [2.05, 4.69) is 9.68 Å². The van der Waals surface area contributed by atoms with Crippen molar-refractivity contribution in [2.75, 3.05) is 14.2 Å². The summed E-state index contributed by atoms with van der Waals surface area (Å²) in [6.45, 7) is 0. The minimum absolute atomic E-state index is 0.242. The van der Waals surface area contributed by atoms with Gasteiger partial charge in [0.05, 0.1) is 0 Å². The maximum Gasteiger partial charge on any atom is 0.374 e. The Morgan fingerprint density at radius 1 is 1.62 bits per heavy atom. The average molecular weight is 187 g/mol. The Morgan fingerprint density at radius 2 is 2.23 bits per heavy atom. The van der Waals surface area contributed by atoms with Crippen molar-refractivity contribution in [1.82, 2.24) is 5.16 Å². The van der Waals surface area contributed by atoms with E-state index in [4.69, 9.17) is 14.6 Å². The van der Waals surface area contributed by atoms with Crippen LogP contribution < -0.4 is 0 Å². The van der Waals surface area contributed by atoms with Crippen molar-refractivity contribution in [2.24, 2.45) is 0 Å². The van der Waals surface area contributed by atoms with Crippen LogP contribution in [-0.2, 0) is 9.47 Å². The van der Waals surface area contributed by atoms with Gasteiger partial charge in [-0.3, -0.25) is 0 Å². The number of ether oxygens (including phenoxy) is 2. The summed E-state index contributed by atoms with van der Waals surface area (Å²) in [6.07, 6.45) is -0.697. The molecule has 0 bridgehead atoms. The van der Waals surface area contributed by atoms with Crippen molar-refractivity contribution in [3.05, 3.63) is 17.5 Å². The molecule has 72 valence electrons. The minimum Gasteiger partial charge on any atom is -0.475 e. The van der Waals surface area contributed by atoms with Gasteiger partial charge in [0.25, 0.3) is 0 Å². The number of carboxylic acids is 1. The molecule has 0 aliphatic rings. The average Bonchev–Trinajstić information content (AvgIpc) is 2.56. The molecule has 6 heteroatoms. The Kier molecular flexibility index (Phi) is 2.99. The summed E-state index contributed by atoms with van der Waals surface area (Å²) in [4.78, 5) is 10.4. The van der Waals surface area contributed by atoms with Crippen molar-refractivity contribution in [1.29, 1.82) is 0 Å². The number of aromatic carboxylic acids is 1. The van der Waals surface area contributed by atoms with Crippen LogP contribution in [0.4, 0.5) is 0 Å². The smallest absolute Gasteiger partial charge is 0.374 e. The predicted octanol–water partition coefficient (Wildman–Crippen LogP) is 0.664. The van der Waals surface area contributed by atoms with E-state index in [1.54, 1.807) is 0 Å². The topological polar surface area (TPSA) is 81.8 Å². The van der Waals surface area contributed by atoms with Crippen LogP contribution in [0.3, 0.4) is 0 Å². The van der Waals surface area contributed by atoms with Crippen molar-refractivity contribution >= 4 is 5.97 Å². The molecule has 6 nitrogen and oxygen atoms in total. The highest BCUT2D eigenvalue weighted by atomic mass is 16.7. The van der Waals surface area contributed by atoms with Crippen molar-refractivity contribution in [3.63, 3.8) is 0 Å². The van der Waals surface area contributed by atoms with Gasteiger partial charge in [-0.2, -0.15) is 0 Å². The third-order valence-electron chi connectivity index (χ3n) is 1.41. The SMILES string of the molecule is COC(OC)c1cc(C(=O)O)on1. The monoisotopic (exact) mass is 187 g/mol. The fourth-order valence-corrected chi connectivity index (χ4v) is 0.838. The first-order chi connectivity index (χ1) is 6.19. The maximum atomic E-state index is 10.4. The van der Waals surface area contributed by atoms with Crippen molar-refractivity contribution in [3.8, 4) is 0 Å². The van der Waals surface area contributed by atoms with Gasteiger partial charge < -0.3 is 19.1 Å². The number of aromatic nitrogens is 1. The van der Waals surface area contributed by atoms with Crippen molar-refractivity contribution < 1.29 is 23.9 Å². The third-order valence-corrected chi connectivity index (χ3v) is 1.41. The summed E-state index contributed by atoms with van der Waals surface area (Å²) < 4.78 is 14.2. The zero-order valence-electron chi connectivity index (χ0n) is 7.18. The number of carbonyl (C=O) groups is 1. The molecule has 1 rings (SSSR count). The van der Waals surface area contributed by atoms with Crippen LogP contribution in [0.5, 0.6) is 0 Å². The Balaban J connectivity index is 2.84. The van der Waals surface area contributed by atoms with E-state index in [1.807, 2.05) is 0 Å². The molecule has 0 radical (unpaired) electrons. The van der Waals surface area contributed by atoms with E-state index in [-0.39, 0.29) is 5.76 Å². The third kappa shape index (κ3) is 2.04. The molecular weight excluding hydrogens is 178 g/mol. The molecule has 0 aliphatic carbocycles. The molecule has 1 N–H and O–H groups in total. The quantitative estimate of drug-likeness (QED) is 0.697. The van der Waals surface area contributed by atoms with E-state index in [1.165, 1.54) is 20.3 Å². The Hall–Kier alpha value is -1.40. The van der Waals surface area contributed by atoms with Gasteiger partial charge in [0, 0.05) is 20.3 Å². The standard InChI is InChI=1S/C7H9NO5/c1-11-7(12-2)4-3-5(6(9)10)13-8-4/h3,7H,1-2H3,(H,9,10). The highest BCUT2D eigenvalue weighted by Crippen LogP contribution is 2.16.